The van der Waals surface area contributed by atoms with Gasteiger partial charge in [0.1, 0.15) is 0 Å². The molecule has 2 rings (SSSR count). The zero-order chi connectivity index (χ0) is 14.7. The fraction of sp³-hybridized carbons (Fsp3) is 0.533. The van der Waals surface area contributed by atoms with Gasteiger partial charge in [-0.1, -0.05) is 0 Å². The third kappa shape index (κ3) is 3.54. The number of nitrogens with one attached hydrogen (secondary N) is 1. The minimum absolute atomic E-state index is 0.580. The van der Waals surface area contributed by atoms with Crippen molar-refractivity contribution < 1.29 is 9.47 Å². The van der Waals surface area contributed by atoms with E-state index in [1.165, 1.54) is 24.0 Å². The van der Waals surface area contributed by atoms with Gasteiger partial charge in [0.2, 0.25) is 0 Å². The molecule has 0 aliphatic heterocycles. The maximum Gasteiger partial charge on any atom is 0.169 e. The number of ether oxygens (including phenoxy) is 2. The molecule has 1 aliphatic rings. The Morgan fingerprint density at radius 1 is 1.30 bits per heavy atom. The second-order valence-corrected chi connectivity index (χ2v) is 5.60. The molecule has 4 nitrogen and oxygen atoms in total. The van der Waals surface area contributed by atoms with Crippen molar-refractivity contribution in [3.05, 3.63) is 23.3 Å². The molecule has 0 bridgehead atoms. The van der Waals surface area contributed by atoms with Crippen LogP contribution >= 0.6 is 12.2 Å². The number of hydrogen-bond acceptors (Lipinski definition) is 3. The van der Waals surface area contributed by atoms with Gasteiger partial charge in [0, 0.05) is 19.6 Å². The van der Waals surface area contributed by atoms with Crippen molar-refractivity contribution in [3.63, 3.8) is 0 Å². The Hall–Kier alpha value is -1.49. The lowest BCUT2D eigenvalue weighted by Crippen LogP contribution is -2.37. The van der Waals surface area contributed by atoms with E-state index >= 15 is 0 Å². The number of hydrogen-bond donors (Lipinski definition) is 1. The molecular formula is C15H22N2O2S. The molecule has 110 valence electrons. The number of aryl methyl sites for hydroxylation is 1. The molecule has 0 radical (unpaired) electrons. The third-order valence-corrected chi connectivity index (χ3v) is 3.93. The van der Waals surface area contributed by atoms with Crippen molar-refractivity contribution >= 4 is 17.3 Å². The van der Waals surface area contributed by atoms with Crippen molar-refractivity contribution in [3.8, 4) is 11.5 Å². The van der Waals surface area contributed by atoms with Crippen molar-refractivity contribution in [2.45, 2.75) is 32.4 Å². The van der Waals surface area contributed by atoms with Crippen LogP contribution in [0, 0.1) is 6.92 Å². The predicted molar refractivity (Wildman–Crippen MR) is 84.5 cm³/mol. The quantitative estimate of drug-likeness (QED) is 0.844. The summed E-state index contributed by atoms with van der Waals surface area (Å²) >= 11 is 5.40. The van der Waals surface area contributed by atoms with Crippen molar-refractivity contribution in [1.82, 2.24) is 10.2 Å². The van der Waals surface area contributed by atoms with E-state index in [4.69, 9.17) is 21.7 Å². The minimum atomic E-state index is 0.580. The van der Waals surface area contributed by atoms with Crippen molar-refractivity contribution in [2.24, 2.45) is 0 Å². The lowest BCUT2D eigenvalue weighted by molar-refractivity contribution is 0.353. The van der Waals surface area contributed by atoms with Gasteiger partial charge in [-0.3, -0.25) is 0 Å². The second kappa shape index (κ2) is 6.31. The minimum Gasteiger partial charge on any atom is -0.493 e. The number of thiocarbonyl (C=S) groups is 1. The van der Waals surface area contributed by atoms with Crippen molar-refractivity contribution in [2.75, 3.05) is 21.3 Å². The van der Waals surface area contributed by atoms with Gasteiger partial charge < -0.3 is 19.7 Å². The maximum atomic E-state index is 5.40. The molecule has 1 saturated carbocycles. The molecule has 1 aliphatic carbocycles. The summed E-state index contributed by atoms with van der Waals surface area (Å²) in [7, 11) is 5.31. The normalized spacial score (nSPS) is 13.8. The molecule has 0 aromatic heterocycles. The SMILES string of the molecule is COc1cc(C)c(CN(C)C(=S)NC2CC2)cc1OC. The molecule has 5 heteroatoms. The van der Waals surface area contributed by atoms with E-state index in [0.717, 1.165) is 23.2 Å². The van der Waals surface area contributed by atoms with E-state index < -0.39 is 0 Å². The Labute approximate surface area is 126 Å². The molecule has 1 fully saturated rings. The molecule has 1 aromatic rings. The first-order chi connectivity index (χ1) is 9.55. The molecule has 1 aromatic carbocycles. The van der Waals surface area contributed by atoms with Gasteiger partial charge in [0.25, 0.3) is 0 Å². The highest BCUT2D eigenvalue weighted by atomic mass is 32.1. The monoisotopic (exact) mass is 294 g/mol. The van der Waals surface area contributed by atoms with Gasteiger partial charge in [0.05, 0.1) is 14.2 Å². The van der Waals surface area contributed by atoms with Crippen molar-refractivity contribution in [1.29, 1.82) is 0 Å². The largest absolute Gasteiger partial charge is 0.493 e. The summed E-state index contributed by atoms with van der Waals surface area (Å²) in [5.41, 5.74) is 2.36. The van der Waals surface area contributed by atoms with E-state index in [-0.39, 0.29) is 0 Å². The highest BCUT2D eigenvalue weighted by Gasteiger charge is 2.23. The Bertz CT molecular complexity index is 501. The lowest BCUT2D eigenvalue weighted by atomic mass is 10.1. The Kier molecular flexibility index (Phi) is 4.70. The zero-order valence-corrected chi connectivity index (χ0v) is 13.3. The summed E-state index contributed by atoms with van der Waals surface area (Å²) in [5.74, 6) is 1.51. The van der Waals surface area contributed by atoms with Crippen LogP contribution in [-0.2, 0) is 6.54 Å². The Morgan fingerprint density at radius 3 is 2.45 bits per heavy atom. The zero-order valence-electron chi connectivity index (χ0n) is 12.5. The summed E-state index contributed by atoms with van der Waals surface area (Å²) in [6.45, 7) is 2.83. The molecular weight excluding hydrogens is 272 g/mol. The fourth-order valence-electron chi connectivity index (χ4n) is 2.03. The highest BCUT2D eigenvalue weighted by molar-refractivity contribution is 7.80. The van der Waals surface area contributed by atoms with Crippen LogP contribution in [0.15, 0.2) is 12.1 Å². The molecule has 0 unspecified atom stereocenters. The average molecular weight is 294 g/mol. The first kappa shape index (κ1) is 14.9. The first-order valence-electron chi connectivity index (χ1n) is 6.78. The Morgan fingerprint density at radius 2 is 1.90 bits per heavy atom. The average Bonchev–Trinajstić information content (AvgIpc) is 3.24. The molecule has 0 heterocycles. The highest BCUT2D eigenvalue weighted by Crippen LogP contribution is 2.30. The molecule has 0 atom stereocenters. The summed E-state index contributed by atoms with van der Waals surface area (Å²) in [6, 6.07) is 4.60. The third-order valence-electron chi connectivity index (χ3n) is 3.50. The number of benzene rings is 1. The van der Waals surface area contributed by atoms with Crippen LogP contribution in [0.5, 0.6) is 11.5 Å². The Balaban J connectivity index is 2.09. The summed E-state index contributed by atoms with van der Waals surface area (Å²) in [5, 5.41) is 4.15. The van der Waals surface area contributed by atoms with E-state index in [1.54, 1.807) is 14.2 Å². The van der Waals surface area contributed by atoms with Gasteiger partial charge in [-0.05, 0) is 55.2 Å². The summed E-state index contributed by atoms with van der Waals surface area (Å²) in [4.78, 5) is 2.06. The second-order valence-electron chi connectivity index (χ2n) is 5.21. The van der Waals surface area contributed by atoms with Gasteiger partial charge in [-0.25, -0.2) is 0 Å². The predicted octanol–water partition coefficient (Wildman–Crippen LogP) is 2.48. The number of methoxy groups -OCH3 is 2. The lowest BCUT2D eigenvalue weighted by Gasteiger charge is -2.22. The van der Waals surface area contributed by atoms with E-state index in [0.29, 0.717) is 6.04 Å². The van der Waals surface area contributed by atoms with Gasteiger partial charge in [-0.2, -0.15) is 0 Å². The van der Waals surface area contributed by atoms with Gasteiger partial charge in [-0.15, -0.1) is 0 Å². The van der Waals surface area contributed by atoms with Crippen LogP contribution in [-0.4, -0.2) is 37.3 Å². The topological polar surface area (TPSA) is 33.7 Å². The smallest absolute Gasteiger partial charge is 0.169 e. The van der Waals surface area contributed by atoms with Crippen LogP contribution in [0.4, 0.5) is 0 Å². The van der Waals surface area contributed by atoms with Crippen LogP contribution in [0.3, 0.4) is 0 Å². The van der Waals surface area contributed by atoms with Crippen LogP contribution in [0.25, 0.3) is 0 Å². The molecule has 20 heavy (non-hydrogen) atoms. The molecule has 0 amide bonds. The van der Waals surface area contributed by atoms with Gasteiger partial charge in [0.15, 0.2) is 16.6 Å². The van der Waals surface area contributed by atoms with E-state index in [1.807, 2.05) is 19.2 Å². The molecule has 0 saturated heterocycles. The van der Waals surface area contributed by atoms with Crippen LogP contribution in [0.1, 0.15) is 24.0 Å². The molecule has 0 spiro atoms. The van der Waals surface area contributed by atoms with E-state index in [2.05, 4.69) is 17.1 Å². The number of rotatable bonds is 5. The van der Waals surface area contributed by atoms with E-state index in [9.17, 15) is 0 Å². The summed E-state index contributed by atoms with van der Waals surface area (Å²) < 4.78 is 10.7. The maximum absolute atomic E-state index is 5.40. The fourth-order valence-corrected chi connectivity index (χ4v) is 2.26. The first-order valence-corrected chi connectivity index (χ1v) is 7.19. The molecule has 1 N–H and O–H groups in total. The van der Waals surface area contributed by atoms with Crippen LogP contribution < -0.4 is 14.8 Å². The number of nitrogens with zero attached hydrogens (tertiary/aromatic N) is 1. The van der Waals surface area contributed by atoms with Crippen LogP contribution in [0.2, 0.25) is 0 Å². The van der Waals surface area contributed by atoms with Gasteiger partial charge >= 0.3 is 0 Å². The summed E-state index contributed by atoms with van der Waals surface area (Å²) in [6.07, 6.45) is 2.45. The standard InChI is InChI=1S/C15H22N2O2S/c1-10-7-13(18-3)14(19-4)8-11(10)9-17(2)15(20)16-12-5-6-12/h7-8,12H,5-6,9H2,1-4H3,(H,16,20).